The van der Waals surface area contributed by atoms with Crippen LogP contribution in [-0.4, -0.2) is 59.3 Å². The molecule has 0 atom stereocenters. The predicted molar refractivity (Wildman–Crippen MR) is 115 cm³/mol. The van der Waals surface area contributed by atoms with Crippen molar-refractivity contribution in [3.05, 3.63) is 49.2 Å². The van der Waals surface area contributed by atoms with Gasteiger partial charge in [0.25, 0.3) is 0 Å². The molecule has 0 saturated carbocycles. The number of nitrogens with one attached hydrogen (secondary N) is 1. The quantitative estimate of drug-likeness (QED) is 0.292. The summed E-state index contributed by atoms with van der Waals surface area (Å²) >= 11 is 0. The molecule has 1 amide bonds. The first kappa shape index (κ1) is 21.0. The molecule has 0 bridgehead atoms. The van der Waals surface area contributed by atoms with Crippen molar-refractivity contribution in [3.63, 3.8) is 0 Å². The fourth-order valence-electron chi connectivity index (χ4n) is 2.83. The smallest absolute Gasteiger partial charge is 0.246 e. The number of hydrogen-bond acceptors (Lipinski definition) is 4. The van der Waals surface area contributed by atoms with E-state index in [0.29, 0.717) is 26.2 Å². The van der Waals surface area contributed by atoms with Gasteiger partial charge in [0.05, 0.1) is 18.1 Å². The summed E-state index contributed by atoms with van der Waals surface area (Å²) in [6.45, 7) is 6.48. The number of aromatic nitrogens is 2. The Bertz CT molecular complexity index is 771. The van der Waals surface area contributed by atoms with Crippen LogP contribution in [0.1, 0.15) is 5.76 Å². The van der Waals surface area contributed by atoms with Gasteiger partial charge in [0.2, 0.25) is 5.91 Å². The minimum absolute atomic E-state index is 0. The minimum atomic E-state index is 0. The van der Waals surface area contributed by atoms with Crippen molar-refractivity contribution in [1.82, 2.24) is 20.0 Å². The number of rotatable bonds is 6. The number of halogens is 1. The highest BCUT2D eigenvalue weighted by Gasteiger charge is 2.27. The third kappa shape index (κ3) is 5.59. The first-order valence-corrected chi connectivity index (χ1v) is 8.63. The molecule has 27 heavy (non-hydrogen) atoms. The molecule has 1 saturated heterocycles. The zero-order valence-electron chi connectivity index (χ0n) is 15.4. The number of nitrogens with zero attached hydrogens (tertiary/aromatic N) is 5. The van der Waals surface area contributed by atoms with Crippen LogP contribution in [0.15, 0.2) is 52.9 Å². The highest BCUT2D eigenvalue weighted by molar-refractivity contribution is 14.0. The molecule has 9 heteroatoms. The molecule has 1 fully saturated rings. The average Bonchev–Trinajstić information content (AvgIpc) is 3.29. The van der Waals surface area contributed by atoms with Crippen LogP contribution in [-0.2, 0) is 18.3 Å². The zero-order chi connectivity index (χ0) is 18.4. The van der Waals surface area contributed by atoms with E-state index < -0.39 is 0 Å². The number of aryl methyl sites for hydroxylation is 1. The molecule has 0 aliphatic carbocycles. The van der Waals surface area contributed by atoms with Crippen LogP contribution in [0.4, 0.5) is 5.69 Å². The van der Waals surface area contributed by atoms with Crippen LogP contribution in [0.2, 0.25) is 0 Å². The molecule has 1 N–H and O–H groups in total. The maximum absolute atomic E-state index is 12.6. The molecule has 146 valence electrons. The highest BCUT2D eigenvalue weighted by atomic mass is 127. The molecule has 0 aromatic carbocycles. The van der Waals surface area contributed by atoms with Gasteiger partial charge in [-0.25, -0.2) is 0 Å². The van der Waals surface area contributed by atoms with Crippen molar-refractivity contribution < 1.29 is 9.21 Å². The maximum Gasteiger partial charge on any atom is 0.246 e. The molecular weight excluding hydrogens is 459 g/mol. The number of piperazine rings is 1. The fraction of sp³-hybridized carbons (Fsp3) is 0.389. The maximum atomic E-state index is 12.6. The van der Waals surface area contributed by atoms with E-state index in [1.165, 1.54) is 0 Å². The number of guanidine groups is 1. The predicted octanol–water partition coefficient (Wildman–Crippen LogP) is 1.65. The van der Waals surface area contributed by atoms with Gasteiger partial charge in [-0.1, -0.05) is 6.08 Å². The van der Waals surface area contributed by atoms with Crippen LogP contribution >= 0.6 is 24.0 Å². The molecule has 0 radical (unpaired) electrons. The van der Waals surface area contributed by atoms with Gasteiger partial charge in [0, 0.05) is 45.8 Å². The van der Waals surface area contributed by atoms with E-state index in [1.807, 2.05) is 30.3 Å². The lowest BCUT2D eigenvalue weighted by Crippen LogP contribution is -2.55. The van der Waals surface area contributed by atoms with Gasteiger partial charge in [0.15, 0.2) is 5.96 Å². The molecule has 0 spiro atoms. The number of anilines is 1. The van der Waals surface area contributed by atoms with Gasteiger partial charge in [-0.3, -0.25) is 14.5 Å². The largest absolute Gasteiger partial charge is 0.469 e. The van der Waals surface area contributed by atoms with E-state index in [9.17, 15) is 4.79 Å². The Kier molecular flexibility index (Phi) is 7.89. The summed E-state index contributed by atoms with van der Waals surface area (Å²) < 4.78 is 7.03. The molecule has 3 rings (SSSR count). The second kappa shape index (κ2) is 10.1. The molecule has 2 aromatic rings. The second-order valence-electron chi connectivity index (χ2n) is 6.04. The number of carbonyl (C=O) groups is 1. The Balaban J connectivity index is 0.00000261. The Morgan fingerprint density at radius 3 is 2.96 bits per heavy atom. The summed E-state index contributed by atoms with van der Waals surface area (Å²) in [5.74, 6) is 1.65. The Labute approximate surface area is 175 Å². The van der Waals surface area contributed by atoms with Crippen molar-refractivity contribution in [2.24, 2.45) is 12.0 Å². The van der Waals surface area contributed by atoms with Crippen molar-refractivity contribution in [3.8, 4) is 0 Å². The minimum Gasteiger partial charge on any atom is -0.469 e. The summed E-state index contributed by atoms with van der Waals surface area (Å²) in [7, 11) is 1.84. The van der Waals surface area contributed by atoms with Crippen molar-refractivity contribution in [2.45, 2.75) is 6.42 Å². The van der Waals surface area contributed by atoms with Crippen molar-refractivity contribution >= 4 is 41.5 Å². The standard InChI is InChI=1S/C18H24N6O2.HI/c1-3-7-19-18(20-8-6-16-5-4-11-26-16)23-9-10-24(17(25)14-23)15-12-21-22(2)13-15;/h3-5,11-13H,1,6-10,14H2,2H3,(H,19,20);1H. The zero-order valence-corrected chi connectivity index (χ0v) is 17.7. The lowest BCUT2D eigenvalue weighted by molar-refractivity contribution is -0.120. The second-order valence-corrected chi connectivity index (χ2v) is 6.04. The summed E-state index contributed by atoms with van der Waals surface area (Å²) in [6.07, 6.45) is 7.71. The van der Waals surface area contributed by atoms with Gasteiger partial charge >= 0.3 is 0 Å². The van der Waals surface area contributed by atoms with E-state index in [2.05, 4.69) is 22.0 Å². The lowest BCUT2D eigenvalue weighted by Gasteiger charge is -2.35. The Morgan fingerprint density at radius 2 is 2.33 bits per heavy atom. The number of hydrogen-bond donors (Lipinski definition) is 1. The molecule has 8 nitrogen and oxygen atoms in total. The molecule has 3 heterocycles. The van der Waals surface area contributed by atoms with Gasteiger partial charge < -0.3 is 19.5 Å². The van der Waals surface area contributed by atoms with Gasteiger partial charge in [-0.15, -0.1) is 30.6 Å². The van der Waals surface area contributed by atoms with Crippen LogP contribution in [0.25, 0.3) is 0 Å². The van der Waals surface area contributed by atoms with Crippen LogP contribution in [0.3, 0.4) is 0 Å². The molecule has 1 aliphatic rings. The summed E-state index contributed by atoms with van der Waals surface area (Å²) in [4.78, 5) is 20.9. The third-order valence-corrected chi connectivity index (χ3v) is 4.13. The normalized spacial score (nSPS) is 14.9. The van der Waals surface area contributed by atoms with E-state index in [1.54, 1.807) is 28.1 Å². The summed E-state index contributed by atoms with van der Waals surface area (Å²) in [6, 6.07) is 3.80. The van der Waals surface area contributed by atoms with E-state index >= 15 is 0 Å². The van der Waals surface area contributed by atoms with Gasteiger partial charge in [-0.2, -0.15) is 5.10 Å². The first-order chi connectivity index (χ1) is 12.7. The monoisotopic (exact) mass is 484 g/mol. The van der Waals surface area contributed by atoms with Crippen LogP contribution < -0.4 is 10.2 Å². The molecule has 1 aliphatic heterocycles. The number of aliphatic imine (C=N–C) groups is 1. The number of carbonyl (C=O) groups excluding carboxylic acids is 1. The van der Waals surface area contributed by atoms with E-state index in [-0.39, 0.29) is 36.4 Å². The Morgan fingerprint density at radius 1 is 1.48 bits per heavy atom. The highest BCUT2D eigenvalue weighted by Crippen LogP contribution is 2.16. The first-order valence-electron chi connectivity index (χ1n) is 8.63. The summed E-state index contributed by atoms with van der Waals surface area (Å²) in [5, 5.41) is 7.38. The molecule has 2 aromatic heterocycles. The number of furan rings is 1. The summed E-state index contributed by atoms with van der Waals surface area (Å²) in [5.41, 5.74) is 0.826. The molecule has 0 unspecified atom stereocenters. The van der Waals surface area contributed by atoms with Crippen LogP contribution in [0.5, 0.6) is 0 Å². The third-order valence-electron chi connectivity index (χ3n) is 4.13. The number of amides is 1. The topological polar surface area (TPSA) is 78.9 Å². The fourth-order valence-corrected chi connectivity index (χ4v) is 2.83. The SMILES string of the molecule is C=CCNC(=NCCc1ccco1)N1CCN(c2cnn(C)c2)C(=O)C1.I. The van der Waals surface area contributed by atoms with E-state index in [0.717, 1.165) is 23.8 Å². The van der Waals surface area contributed by atoms with Gasteiger partial charge in [-0.05, 0) is 12.1 Å². The van der Waals surface area contributed by atoms with Crippen molar-refractivity contribution in [2.75, 3.05) is 37.6 Å². The average molecular weight is 484 g/mol. The van der Waals surface area contributed by atoms with Crippen LogP contribution in [0, 0.1) is 0 Å². The van der Waals surface area contributed by atoms with E-state index in [4.69, 9.17) is 4.42 Å². The lowest BCUT2D eigenvalue weighted by atomic mass is 10.3. The van der Waals surface area contributed by atoms with Crippen molar-refractivity contribution in [1.29, 1.82) is 0 Å². The molecular formula is C18H25IN6O2. The Hall–Kier alpha value is -2.30. The van der Waals surface area contributed by atoms with Gasteiger partial charge in [0.1, 0.15) is 12.3 Å².